The highest BCUT2D eigenvalue weighted by Crippen LogP contribution is 2.30. The zero-order valence-electron chi connectivity index (χ0n) is 17.8. The molecule has 0 spiro atoms. The Morgan fingerprint density at radius 2 is 1.61 bits per heavy atom. The number of rotatable bonds is 5. The number of hydrogen-bond acceptors (Lipinski definition) is 4. The SMILES string of the molecule is COc1ccccc1NC(=O)[C@@H]1CCCN(C(=O)c2ccc(OC)c3ccccc23)C1. The maximum atomic E-state index is 13.4. The molecule has 3 aromatic carbocycles. The van der Waals surface area contributed by atoms with Crippen molar-refractivity contribution in [2.24, 2.45) is 5.92 Å². The Hall–Kier alpha value is -3.54. The Balaban J connectivity index is 1.53. The van der Waals surface area contributed by atoms with Gasteiger partial charge >= 0.3 is 0 Å². The van der Waals surface area contributed by atoms with Gasteiger partial charge in [0, 0.05) is 24.0 Å². The van der Waals surface area contributed by atoms with Crippen molar-refractivity contribution in [3.63, 3.8) is 0 Å². The molecule has 3 aromatic rings. The number of nitrogens with one attached hydrogen (secondary N) is 1. The molecule has 4 rings (SSSR count). The molecule has 0 aromatic heterocycles. The highest BCUT2D eigenvalue weighted by atomic mass is 16.5. The molecule has 160 valence electrons. The maximum absolute atomic E-state index is 13.4. The molecule has 31 heavy (non-hydrogen) atoms. The van der Waals surface area contributed by atoms with Gasteiger partial charge in [-0.3, -0.25) is 9.59 Å². The Labute approximate surface area is 181 Å². The summed E-state index contributed by atoms with van der Waals surface area (Å²) >= 11 is 0. The van der Waals surface area contributed by atoms with E-state index in [9.17, 15) is 9.59 Å². The molecule has 0 bridgehead atoms. The van der Waals surface area contributed by atoms with Gasteiger partial charge in [-0.25, -0.2) is 0 Å². The summed E-state index contributed by atoms with van der Waals surface area (Å²) in [6.07, 6.45) is 1.53. The highest BCUT2D eigenvalue weighted by Gasteiger charge is 2.30. The third-order valence-corrected chi connectivity index (χ3v) is 5.78. The molecule has 1 N–H and O–H groups in total. The van der Waals surface area contributed by atoms with Gasteiger partial charge in [0.05, 0.1) is 25.8 Å². The molecule has 1 aliphatic rings. The lowest BCUT2D eigenvalue weighted by Crippen LogP contribution is -2.43. The first-order valence-corrected chi connectivity index (χ1v) is 10.4. The molecule has 0 saturated carbocycles. The summed E-state index contributed by atoms with van der Waals surface area (Å²) in [5.74, 6) is 0.923. The Bertz CT molecular complexity index is 1110. The van der Waals surface area contributed by atoms with Crippen LogP contribution < -0.4 is 14.8 Å². The average Bonchev–Trinajstić information content (AvgIpc) is 2.83. The number of piperidine rings is 1. The van der Waals surface area contributed by atoms with Crippen LogP contribution in [0.4, 0.5) is 5.69 Å². The summed E-state index contributed by atoms with van der Waals surface area (Å²) in [5.41, 5.74) is 1.27. The molecule has 6 nitrogen and oxygen atoms in total. The van der Waals surface area contributed by atoms with Crippen molar-refractivity contribution < 1.29 is 19.1 Å². The van der Waals surface area contributed by atoms with E-state index in [1.165, 1.54) is 0 Å². The van der Waals surface area contributed by atoms with Crippen LogP contribution in [0.15, 0.2) is 60.7 Å². The van der Waals surface area contributed by atoms with Crippen molar-refractivity contribution in [2.45, 2.75) is 12.8 Å². The van der Waals surface area contributed by atoms with Crippen LogP contribution in [-0.2, 0) is 4.79 Å². The number of methoxy groups -OCH3 is 2. The number of ether oxygens (including phenoxy) is 2. The van der Waals surface area contributed by atoms with E-state index in [0.717, 1.165) is 29.4 Å². The third kappa shape index (κ3) is 4.19. The number of nitrogens with zero attached hydrogens (tertiary/aromatic N) is 1. The molecule has 1 fully saturated rings. The summed E-state index contributed by atoms with van der Waals surface area (Å²) < 4.78 is 10.8. The standard InChI is InChI=1S/C25H26N2O4/c1-30-22-14-13-20(18-9-3-4-10-19(18)22)25(29)27-15-7-8-17(16-27)24(28)26-21-11-5-6-12-23(21)31-2/h3-6,9-14,17H,7-8,15-16H2,1-2H3,(H,26,28)/t17-/m1/s1. The smallest absolute Gasteiger partial charge is 0.254 e. The lowest BCUT2D eigenvalue weighted by atomic mass is 9.95. The molecule has 0 aliphatic carbocycles. The number of benzene rings is 3. The van der Waals surface area contributed by atoms with E-state index in [2.05, 4.69) is 5.32 Å². The van der Waals surface area contributed by atoms with Gasteiger partial charge in [-0.15, -0.1) is 0 Å². The summed E-state index contributed by atoms with van der Waals surface area (Å²) in [7, 11) is 3.20. The molecular formula is C25H26N2O4. The van der Waals surface area contributed by atoms with Gasteiger partial charge in [0.25, 0.3) is 5.91 Å². The number of anilines is 1. The highest BCUT2D eigenvalue weighted by molar-refractivity contribution is 6.08. The second-order valence-electron chi connectivity index (χ2n) is 7.64. The summed E-state index contributed by atoms with van der Waals surface area (Å²) in [6, 6.07) is 18.7. The van der Waals surface area contributed by atoms with Crippen LogP contribution in [0.2, 0.25) is 0 Å². The minimum Gasteiger partial charge on any atom is -0.496 e. The minimum absolute atomic E-state index is 0.0614. The van der Waals surface area contributed by atoms with Crippen molar-refractivity contribution in [1.29, 1.82) is 0 Å². The van der Waals surface area contributed by atoms with Crippen LogP contribution in [0.5, 0.6) is 11.5 Å². The number of carbonyl (C=O) groups is 2. The third-order valence-electron chi connectivity index (χ3n) is 5.78. The summed E-state index contributed by atoms with van der Waals surface area (Å²) in [5, 5.41) is 4.71. The number of likely N-dealkylation sites (tertiary alicyclic amines) is 1. The topological polar surface area (TPSA) is 67.9 Å². The average molecular weight is 418 g/mol. The van der Waals surface area contributed by atoms with Crippen molar-refractivity contribution >= 4 is 28.3 Å². The molecule has 1 saturated heterocycles. The van der Waals surface area contributed by atoms with Crippen molar-refractivity contribution in [2.75, 3.05) is 32.6 Å². The van der Waals surface area contributed by atoms with Gasteiger partial charge in [0.15, 0.2) is 0 Å². The largest absolute Gasteiger partial charge is 0.496 e. The number of fused-ring (bicyclic) bond motifs is 1. The maximum Gasteiger partial charge on any atom is 0.254 e. The Kier molecular flexibility index (Phi) is 6.07. The fourth-order valence-corrected chi connectivity index (χ4v) is 4.16. The van der Waals surface area contributed by atoms with E-state index >= 15 is 0 Å². The molecule has 1 aliphatic heterocycles. The molecule has 1 atom stereocenters. The second kappa shape index (κ2) is 9.08. The van der Waals surface area contributed by atoms with Gasteiger partial charge in [-0.1, -0.05) is 36.4 Å². The monoisotopic (exact) mass is 418 g/mol. The van der Waals surface area contributed by atoms with Gasteiger partial charge < -0.3 is 19.7 Å². The number of hydrogen-bond donors (Lipinski definition) is 1. The van der Waals surface area contributed by atoms with Crippen LogP contribution in [0.3, 0.4) is 0 Å². The predicted molar refractivity (Wildman–Crippen MR) is 121 cm³/mol. The Morgan fingerprint density at radius 1 is 0.903 bits per heavy atom. The van der Waals surface area contributed by atoms with E-state index < -0.39 is 0 Å². The fraction of sp³-hybridized carbons (Fsp3) is 0.280. The zero-order chi connectivity index (χ0) is 21.8. The van der Waals surface area contributed by atoms with Gasteiger partial charge in [-0.05, 0) is 42.5 Å². The van der Waals surface area contributed by atoms with Crippen molar-refractivity contribution in [3.8, 4) is 11.5 Å². The quantitative estimate of drug-likeness (QED) is 0.669. The van der Waals surface area contributed by atoms with Crippen LogP contribution in [0.25, 0.3) is 10.8 Å². The summed E-state index contributed by atoms with van der Waals surface area (Å²) in [4.78, 5) is 28.1. The normalized spacial score (nSPS) is 16.1. The van der Waals surface area contributed by atoms with Crippen molar-refractivity contribution in [3.05, 3.63) is 66.2 Å². The van der Waals surface area contributed by atoms with Gasteiger partial charge in [-0.2, -0.15) is 0 Å². The molecule has 1 heterocycles. The molecule has 0 radical (unpaired) electrons. The molecule has 6 heteroatoms. The van der Waals surface area contributed by atoms with Gasteiger partial charge in [0.2, 0.25) is 5.91 Å². The van der Waals surface area contributed by atoms with E-state index in [1.54, 1.807) is 25.2 Å². The number of amides is 2. The lowest BCUT2D eigenvalue weighted by Gasteiger charge is -2.32. The first-order valence-electron chi connectivity index (χ1n) is 10.4. The second-order valence-corrected chi connectivity index (χ2v) is 7.64. The van der Waals surface area contributed by atoms with Crippen molar-refractivity contribution in [1.82, 2.24) is 4.90 Å². The van der Waals surface area contributed by atoms with Crippen LogP contribution in [0, 0.1) is 5.92 Å². The lowest BCUT2D eigenvalue weighted by molar-refractivity contribution is -0.121. The summed E-state index contributed by atoms with van der Waals surface area (Å²) in [6.45, 7) is 1.03. The molecule has 0 unspecified atom stereocenters. The van der Waals surface area contributed by atoms with E-state index in [-0.39, 0.29) is 17.7 Å². The van der Waals surface area contributed by atoms with Crippen LogP contribution in [-0.4, -0.2) is 44.0 Å². The zero-order valence-corrected chi connectivity index (χ0v) is 17.8. The predicted octanol–water partition coefficient (Wildman–Crippen LogP) is 4.35. The van der Waals surface area contributed by atoms with Crippen LogP contribution in [0.1, 0.15) is 23.2 Å². The van der Waals surface area contributed by atoms with E-state index in [4.69, 9.17) is 9.47 Å². The number of carbonyl (C=O) groups excluding carboxylic acids is 2. The fourth-order valence-electron chi connectivity index (χ4n) is 4.16. The van der Waals surface area contributed by atoms with E-state index in [0.29, 0.717) is 30.1 Å². The molecular weight excluding hydrogens is 392 g/mol. The molecule has 2 amide bonds. The van der Waals surface area contributed by atoms with E-state index in [1.807, 2.05) is 54.6 Å². The minimum atomic E-state index is -0.271. The van der Waals surface area contributed by atoms with Gasteiger partial charge in [0.1, 0.15) is 11.5 Å². The number of para-hydroxylation sites is 2. The Morgan fingerprint density at radius 3 is 2.39 bits per heavy atom. The first-order chi connectivity index (χ1) is 15.1. The van der Waals surface area contributed by atoms with Crippen LogP contribution >= 0.6 is 0 Å². The first kappa shape index (κ1) is 20.7.